The summed E-state index contributed by atoms with van der Waals surface area (Å²) >= 11 is 3.03. The Kier molecular flexibility index (Phi) is 4.03. The average Bonchev–Trinajstić information content (AvgIpc) is 2.85. The summed E-state index contributed by atoms with van der Waals surface area (Å²) in [6.07, 6.45) is 1.95. The Bertz CT molecular complexity index is 544. The summed E-state index contributed by atoms with van der Waals surface area (Å²) in [5.74, 6) is -0.0870. The molecule has 0 saturated heterocycles. The quantitative estimate of drug-likeness (QED) is 0.902. The van der Waals surface area contributed by atoms with E-state index in [2.05, 4.69) is 36.4 Å². The van der Waals surface area contributed by atoms with Crippen molar-refractivity contribution in [2.24, 2.45) is 0 Å². The lowest BCUT2D eigenvalue weighted by Crippen LogP contribution is -2.26. The second kappa shape index (κ2) is 5.72. The van der Waals surface area contributed by atoms with Crippen molar-refractivity contribution < 1.29 is 9.18 Å². The Morgan fingerprint density at radius 2 is 2.33 bits per heavy atom. The summed E-state index contributed by atoms with van der Waals surface area (Å²) < 4.78 is 13.6. The van der Waals surface area contributed by atoms with Gasteiger partial charge in [-0.15, -0.1) is 0 Å². The molecule has 0 fully saturated rings. The molecule has 0 saturated carbocycles. The lowest BCUT2D eigenvalue weighted by molar-refractivity contribution is 0.0953. The molecule has 2 aromatic rings. The van der Waals surface area contributed by atoms with Crippen LogP contribution in [0.25, 0.3) is 0 Å². The van der Waals surface area contributed by atoms with Gasteiger partial charge in [-0.25, -0.2) is 9.37 Å². The van der Waals surface area contributed by atoms with Crippen LogP contribution in [0.2, 0.25) is 0 Å². The number of carbonyl (C=O) groups is 1. The number of aromatic nitrogens is 3. The van der Waals surface area contributed by atoms with E-state index in [4.69, 9.17) is 0 Å². The monoisotopic (exact) mass is 312 g/mol. The third-order valence-corrected chi connectivity index (χ3v) is 2.94. The summed E-state index contributed by atoms with van der Waals surface area (Å²) in [5.41, 5.74) is 0.285. The topological polar surface area (TPSA) is 70.7 Å². The first-order valence-corrected chi connectivity index (χ1v) is 6.03. The first-order chi connectivity index (χ1) is 8.66. The Morgan fingerprint density at radius 3 is 3.00 bits per heavy atom. The Balaban J connectivity index is 1.89. The summed E-state index contributed by atoms with van der Waals surface area (Å²) in [4.78, 5) is 15.6. The van der Waals surface area contributed by atoms with Gasteiger partial charge in [0.25, 0.3) is 5.91 Å². The molecule has 1 amide bonds. The molecule has 1 aromatic carbocycles. The van der Waals surface area contributed by atoms with E-state index in [-0.39, 0.29) is 11.5 Å². The number of hydrogen-bond donors (Lipinski definition) is 2. The van der Waals surface area contributed by atoms with Gasteiger partial charge in [0.05, 0.1) is 4.47 Å². The molecule has 7 heteroatoms. The lowest BCUT2D eigenvalue weighted by atomic mass is 10.2. The van der Waals surface area contributed by atoms with E-state index >= 15 is 0 Å². The van der Waals surface area contributed by atoms with Gasteiger partial charge in [-0.05, 0) is 34.1 Å². The SMILES string of the molecule is O=C(NCCc1ncn[nH]1)c1ccc(Br)c(F)c1. The third-order valence-electron chi connectivity index (χ3n) is 2.29. The minimum atomic E-state index is -0.460. The fourth-order valence-electron chi connectivity index (χ4n) is 1.39. The van der Waals surface area contributed by atoms with E-state index in [0.29, 0.717) is 23.3 Å². The molecule has 2 rings (SSSR count). The van der Waals surface area contributed by atoms with Crippen molar-refractivity contribution in [3.63, 3.8) is 0 Å². The predicted molar refractivity (Wildman–Crippen MR) is 66.5 cm³/mol. The molecule has 94 valence electrons. The Labute approximate surface area is 111 Å². The number of halogens is 2. The Morgan fingerprint density at radius 1 is 1.50 bits per heavy atom. The van der Waals surface area contributed by atoms with E-state index in [9.17, 15) is 9.18 Å². The average molecular weight is 313 g/mol. The van der Waals surface area contributed by atoms with Crippen molar-refractivity contribution in [1.82, 2.24) is 20.5 Å². The second-order valence-electron chi connectivity index (χ2n) is 3.57. The molecular formula is C11H10BrFN4O. The molecular weight excluding hydrogens is 303 g/mol. The third kappa shape index (κ3) is 3.13. The van der Waals surface area contributed by atoms with E-state index < -0.39 is 5.82 Å². The first-order valence-electron chi connectivity index (χ1n) is 5.24. The van der Waals surface area contributed by atoms with Crippen LogP contribution in [-0.2, 0) is 6.42 Å². The van der Waals surface area contributed by atoms with Gasteiger partial charge in [-0.3, -0.25) is 9.89 Å². The van der Waals surface area contributed by atoms with Crippen molar-refractivity contribution in [2.75, 3.05) is 6.54 Å². The van der Waals surface area contributed by atoms with Gasteiger partial charge in [0, 0.05) is 18.5 Å². The summed E-state index contributed by atoms with van der Waals surface area (Å²) in [5, 5.41) is 9.06. The molecule has 0 bridgehead atoms. The zero-order valence-electron chi connectivity index (χ0n) is 9.28. The zero-order valence-corrected chi connectivity index (χ0v) is 10.9. The van der Waals surface area contributed by atoms with E-state index in [1.165, 1.54) is 18.5 Å². The molecule has 2 N–H and O–H groups in total. The molecule has 5 nitrogen and oxygen atoms in total. The number of nitrogens with zero attached hydrogens (tertiary/aromatic N) is 2. The maximum atomic E-state index is 13.2. The van der Waals surface area contributed by atoms with Crippen LogP contribution in [0.15, 0.2) is 29.0 Å². The van der Waals surface area contributed by atoms with Gasteiger partial charge in [0.15, 0.2) is 0 Å². The normalized spacial score (nSPS) is 10.3. The number of rotatable bonds is 4. The van der Waals surface area contributed by atoms with Crippen molar-refractivity contribution >= 4 is 21.8 Å². The molecule has 0 unspecified atom stereocenters. The number of amides is 1. The number of aromatic amines is 1. The molecule has 1 heterocycles. The van der Waals surface area contributed by atoms with Gasteiger partial charge in [0.2, 0.25) is 0 Å². The van der Waals surface area contributed by atoms with Gasteiger partial charge < -0.3 is 5.32 Å². The highest BCUT2D eigenvalue weighted by Crippen LogP contribution is 2.16. The highest BCUT2D eigenvalue weighted by atomic mass is 79.9. The standard InChI is InChI=1S/C11H10BrFN4O/c12-8-2-1-7(5-9(8)13)11(18)14-4-3-10-15-6-16-17-10/h1-2,5-6H,3-4H2,(H,14,18)(H,15,16,17). The largest absolute Gasteiger partial charge is 0.352 e. The van der Waals surface area contributed by atoms with Crippen LogP contribution in [0.5, 0.6) is 0 Å². The van der Waals surface area contributed by atoms with Crippen LogP contribution in [0, 0.1) is 5.82 Å². The zero-order chi connectivity index (χ0) is 13.0. The number of hydrogen-bond acceptors (Lipinski definition) is 3. The number of H-pyrrole nitrogens is 1. The first kappa shape index (κ1) is 12.7. The molecule has 0 aliphatic carbocycles. The van der Waals surface area contributed by atoms with Gasteiger partial charge in [-0.2, -0.15) is 5.10 Å². The Hall–Kier alpha value is -1.76. The minimum Gasteiger partial charge on any atom is -0.352 e. The van der Waals surface area contributed by atoms with Gasteiger partial charge in [-0.1, -0.05) is 0 Å². The van der Waals surface area contributed by atoms with Gasteiger partial charge >= 0.3 is 0 Å². The van der Waals surface area contributed by atoms with Crippen LogP contribution >= 0.6 is 15.9 Å². The van der Waals surface area contributed by atoms with Crippen molar-refractivity contribution in [3.8, 4) is 0 Å². The second-order valence-corrected chi connectivity index (χ2v) is 4.42. The molecule has 0 atom stereocenters. The van der Waals surface area contributed by atoms with Crippen LogP contribution in [0.1, 0.15) is 16.2 Å². The van der Waals surface area contributed by atoms with Crippen molar-refractivity contribution in [1.29, 1.82) is 0 Å². The van der Waals surface area contributed by atoms with Crippen LogP contribution in [0.4, 0.5) is 4.39 Å². The highest BCUT2D eigenvalue weighted by Gasteiger charge is 2.08. The molecule has 1 aromatic heterocycles. The van der Waals surface area contributed by atoms with E-state index in [1.54, 1.807) is 6.07 Å². The molecule has 0 radical (unpaired) electrons. The maximum Gasteiger partial charge on any atom is 0.251 e. The minimum absolute atomic E-state index is 0.285. The summed E-state index contributed by atoms with van der Waals surface area (Å²) in [6.45, 7) is 0.408. The molecule has 18 heavy (non-hydrogen) atoms. The maximum absolute atomic E-state index is 13.2. The number of benzene rings is 1. The molecule has 0 spiro atoms. The van der Waals surface area contributed by atoms with E-state index in [0.717, 1.165) is 0 Å². The number of nitrogens with one attached hydrogen (secondary N) is 2. The fraction of sp³-hybridized carbons (Fsp3) is 0.182. The highest BCUT2D eigenvalue weighted by molar-refractivity contribution is 9.10. The predicted octanol–water partition coefficient (Wildman–Crippen LogP) is 1.68. The summed E-state index contributed by atoms with van der Waals surface area (Å²) in [7, 11) is 0. The fourth-order valence-corrected chi connectivity index (χ4v) is 1.63. The number of carbonyl (C=O) groups excluding carboxylic acids is 1. The van der Waals surface area contributed by atoms with Gasteiger partial charge in [0.1, 0.15) is 18.0 Å². The smallest absolute Gasteiger partial charge is 0.251 e. The molecule has 0 aliphatic heterocycles. The van der Waals surface area contributed by atoms with Crippen molar-refractivity contribution in [3.05, 3.63) is 46.2 Å². The van der Waals surface area contributed by atoms with Crippen LogP contribution < -0.4 is 5.32 Å². The lowest BCUT2D eigenvalue weighted by Gasteiger charge is -2.04. The van der Waals surface area contributed by atoms with Crippen LogP contribution in [0.3, 0.4) is 0 Å². The molecule has 0 aliphatic rings. The van der Waals surface area contributed by atoms with E-state index in [1.807, 2.05) is 0 Å². The van der Waals surface area contributed by atoms with Crippen molar-refractivity contribution in [2.45, 2.75) is 6.42 Å². The summed E-state index contributed by atoms with van der Waals surface area (Å²) in [6, 6.07) is 4.24. The van der Waals surface area contributed by atoms with Crippen LogP contribution in [-0.4, -0.2) is 27.6 Å².